The van der Waals surface area contributed by atoms with E-state index in [4.69, 9.17) is 0 Å². The van der Waals surface area contributed by atoms with Gasteiger partial charge in [-0.15, -0.1) is 0 Å². The van der Waals surface area contributed by atoms with Gasteiger partial charge in [-0.1, -0.05) is 43.5 Å². The molecule has 0 bridgehead atoms. The van der Waals surface area contributed by atoms with Crippen molar-refractivity contribution in [1.82, 2.24) is 4.31 Å². The van der Waals surface area contributed by atoms with Crippen molar-refractivity contribution >= 4 is 27.3 Å². The van der Waals surface area contributed by atoms with Gasteiger partial charge in [-0.25, -0.2) is 12.7 Å². The standard InChI is InChI=1S/C23H31N3O3S/c1-18-14-15-19(16-22(18)30(28,29)25(2)3)24-17-23(27)26(20-10-6-4-7-11-20)21-12-8-5-9-13-21/h4,6-7,10-11,14-16,21,24H,5,8-9,12-13,17H2,1-3H3. The summed E-state index contributed by atoms with van der Waals surface area (Å²) in [6.45, 7) is 1.88. The zero-order valence-electron chi connectivity index (χ0n) is 18.0. The summed E-state index contributed by atoms with van der Waals surface area (Å²) in [7, 11) is -0.519. The van der Waals surface area contributed by atoms with Crippen LogP contribution in [0.15, 0.2) is 53.4 Å². The van der Waals surface area contributed by atoms with Crippen molar-refractivity contribution in [3.8, 4) is 0 Å². The molecule has 7 heteroatoms. The molecule has 0 saturated heterocycles. The van der Waals surface area contributed by atoms with Gasteiger partial charge in [0.1, 0.15) is 0 Å². The quantitative estimate of drug-likeness (QED) is 0.722. The maximum absolute atomic E-state index is 13.2. The molecular formula is C23H31N3O3S. The van der Waals surface area contributed by atoms with Crippen molar-refractivity contribution in [2.24, 2.45) is 0 Å². The molecule has 2 aromatic rings. The first kappa shape index (κ1) is 22.3. The topological polar surface area (TPSA) is 69.7 Å². The number of amides is 1. The minimum absolute atomic E-state index is 0.00862. The number of anilines is 2. The van der Waals surface area contributed by atoms with E-state index >= 15 is 0 Å². The SMILES string of the molecule is Cc1ccc(NCC(=O)N(c2ccccc2)C2CCCCC2)cc1S(=O)(=O)N(C)C. The van der Waals surface area contributed by atoms with Crippen LogP contribution >= 0.6 is 0 Å². The lowest BCUT2D eigenvalue weighted by atomic mass is 9.93. The normalized spacial score (nSPS) is 15.2. The van der Waals surface area contributed by atoms with Gasteiger partial charge in [0.15, 0.2) is 0 Å². The second kappa shape index (κ2) is 9.62. The van der Waals surface area contributed by atoms with Gasteiger partial charge in [-0.05, 0) is 49.6 Å². The maximum atomic E-state index is 13.2. The molecule has 0 heterocycles. The number of carbonyl (C=O) groups is 1. The van der Waals surface area contributed by atoms with Crippen LogP contribution in [0.25, 0.3) is 0 Å². The highest BCUT2D eigenvalue weighted by molar-refractivity contribution is 7.89. The highest BCUT2D eigenvalue weighted by Crippen LogP contribution is 2.28. The summed E-state index contributed by atoms with van der Waals surface area (Å²) in [6, 6.07) is 15.2. The van der Waals surface area contributed by atoms with Crippen LogP contribution in [-0.2, 0) is 14.8 Å². The molecule has 30 heavy (non-hydrogen) atoms. The van der Waals surface area contributed by atoms with Crippen LogP contribution in [0.5, 0.6) is 0 Å². The lowest BCUT2D eigenvalue weighted by Crippen LogP contribution is -2.44. The summed E-state index contributed by atoms with van der Waals surface area (Å²) >= 11 is 0. The Morgan fingerprint density at radius 2 is 1.70 bits per heavy atom. The first-order valence-electron chi connectivity index (χ1n) is 10.4. The predicted molar refractivity (Wildman–Crippen MR) is 121 cm³/mol. The fourth-order valence-electron chi connectivity index (χ4n) is 3.93. The predicted octanol–water partition coefficient (Wildman–Crippen LogP) is 4.02. The van der Waals surface area contributed by atoms with Crippen LogP contribution in [-0.4, -0.2) is 45.3 Å². The largest absolute Gasteiger partial charge is 0.376 e. The molecular weight excluding hydrogens is 398 g/mol. The van der Waals surface area contributed by atoms with E-state index in [2.05, 4.69) is 5.32 Å². The van der Waals surface area contributed by atoms with Crippen molar-refractivity contribution in [2.75, 3.05) is 30.9 Å². The molecule has 0 spiro atoms. The Balaban J connectivity index is 1.79. The van der Waals surface area contributed by atoms with Gasteiger partial charge in [0.05, 0.1) is 11.4 Å². The summed E-state index contributed by atoms with van der Waals surface area (Å²) in [6.07, 6.45) is 5.52. The van der Waals surface area contributed by atoms with Crippen molar-refractivity contribution in [3.63, 3.8) is 0 Å². The highest BCUT2D eigenvalue weighted by Gasteiger charge is 2.27. The van der Waals surface area contributed by atoms with Crippen molar-refractivity contribution < 1.29 is 13.2 Å². The average Bonchev–Trinajstić information content (AvgIpc) is 2.74. The van der Waals surface area contributed by atoms with Crippen LogP contribution in [0, 0.1) is 6.92 Å². The lowest BCUT2D eigenvalue weighted by Gasteiger charge is -2.34. The number of sulfonamides is 1. The van der Waals surface area contributed by atoms with Crippen LogP contribution in [0.4, 0.5) is 11.4 Å². The molecule has 0 radical (unpaired) electrons. The van der Waals surface area contributed by atoms with Gasteiger partial charge >= 0.3 is 0 Å². The van der Waals surface area contributed by atoms with Gasteiger partial charge in [0, 0.05) is 31.5 Å². The van der Waals surface area contributed by atoms with Gasteiger partial charge in [0.25, 0.3) is 0 Å². The monoisotopic (exact) mass is 429 g/mol. The fourth-order valence-corrected chi connectivity index (χ4v) is 5.08. The smallest absolute Gasteiger partial charge is 0.246 e. The Hall–Kier alpha value is -2.38. The summed E-state index contributed by atoms with van der Waals surface area (Å²) in [5.41, 5.74) is 2.20. The van der Waals surface area contributed by atoms with Crippen molar-refractivity contribution in [3.05, 3.63) is 54.1 Å². The van der Waals surface area contributed by atoms with E-state index in [0.29, 0.717) is 11.3 Å². The number of carbonyl (C=O) groups excluding carboxylic acids is 1. The van der Waals surface area contributed by atoms with Crippen LogP contribution in [0.1, 0.15) is 37.7 Å². The summed E-state index contributed by atoms with van der Waals surface area (Å²) in [5, 5.41) is 3.14. The third kappa shape index (κ3) is 5.02. The number of para-hydroxylation sites is 1. The number of nitrogens with one attached hydrogen (secondary N) is 1. The Morgan fingerprint density at radius 3 is 2.33 bits per heavy atom. The summed E-state index contributed by atoms with van der Waals surface area (Å²) in [4.78, 5) is 15.4. The molecule has 1 aliphatic rings. The molecule has 0 aliphatic heterocycles. The molecule has 1 saturated carbocycles. The Kier molecular flexibility index (Phi) is 7.15. The van der Waals surface area contributed by atoms with Crippen LogP contribution in [0.3, 0.4) is 0 Å². The number of hydrogen-bond acceptors (Lipinski definition) is 4. The zero-order valence-corrected chi connectivity index (χ0v) is 18.8. The number of nitrogens with zero attached hydrogens (tertiary/aromatic N) is 2. The molecule has 6 nitrogen and oxygen atoms in total. The molecule has 162 valence electrons. The van der Waals surface area contributed by atoms with Gasteiger partial charge in [-0.2, -0.15) is 0 Å². The second-order valence-corrected chi connectivity index (χ2v) is 10.1. The van der Waals surface area contributed by atoms with Gasteiger partial charge in [-0.3, -0.25) is 4.79 Å². The number of hydrogen-bond donors (Lipinski definition) is 1. The molecule has 0 aromatic heterocycles. The summed E-state index contributed by atoms with van der Waals surface area (Å²) < 4.78 is 26.3. The number of benzene rings is 2. The van der Waals surface area contributed by atoms with E-state index in [-0.39, 0.29) is 23.4 Å². The van der Waals surface area contributed by atoms with Gasteiger partial charge < -0.3 is 10.2 Å². The van der Waals surface area contributed by atoms with E-state index < -0.39 is 10.0 Å². The Morgan fingerprint density at radius 1 is 1.03 bits per heavy atom. The fraction of sp³-hybridized carbons (Fsp3) is 0.435. The summed E-state index contributed by atoms with van der Waals surface area (Å²) in [5.74, 6) is -0.00862. The highest BCUT2D eigenvalue weighted by atomic mass is 32.2. The Labute approximate surface area is 179 Å². The number of rotatable bonds is 7. The first-order chi connectivity index (χ1) is 14.3. The Bertz CT molecular complexity index is 968. The van der Waals surface area contributed by atoms with Gasteiger partial charge in [0.2, 0.25) is 15.9 Å². The second-order valence-electron chi connectivity index (χ2n) is 8.01. The average molecular weight is 430 g/mol. The van der Waals surface area contributed by atoms with Crippen molar-refractivity contribution in [2.45, 2.75) is 50.0 Å². The van der Waals surface area contributed by atoms with E-state index in [0.717, 1.165) is 31.4 Å². The van der Waals surface area contributed by atoms with E-state index in [9.17, 15) is 13.2 Å². The third-order valence-electron chi connectivity index (χ3n) is 5.63. The lowest BCUT2D eigenvalue weighted by molar-refractivity contribution is -0.117. The van der Waals surface area contributed by atoms with E-state index in [1.54, 1.807) is 19.1 Å². The molecule has 1 amide bonds. The minimum Gasteiger partial charge on any atom is -0.376 e. The molecule has 0 atom stereocenters. The van der Waals surface area contributed by atoms with Crippen LogP contribution in [0.2, 0.25) is 0 Å². The van der Waals surface area contributed by atoms with E-state index in [1.165, 1.54) is 24.8 Å². The molecule has 3 rings (SSSR count). The maximum Gasteiger partial charge on any atom is 0.246 e. The molecule has 0 unspecified atom stereocenters. The van der Waals surface area contributed by atoms with Crippen molar-refractivity contribution in [1.29, 1.82) is 0 Å². The molecule has 1 aliphatic carbocycles. The first-order valence-corrected chi connectivity index (χ1v) is 11.9. The minimum atomic E-state index is -3.55. The number of aryl methyl sites for hydroxylation is 1. The molecule has 1 fully saturated rings. The third-order valence-corrected chi connectivity index (χ3v) is 7.59. The zero-order chi connectivity index (χ0) is 21.7. The molecule has 2 aromatic carbocycles. The van der Waals surface area contributed by atoms with Crippen LogP contribution < -0.4 is 10.2 Å². The van der Waals surface area contributed by atoms with E-state index in [1.807, 2.05) is 41.3 Å². The molecule has 1 N–H and O–H groups in total.